The van der Waals surface area contributed by atoms with Crippen molar-refractivity contribution in [1.82, 2.24) is 14.9 Å². The number of carbonyl (C=O) groups is 2. The van der Waals surface area contributed by atoms with E-state index in [0.29, 0.717) is 21.8 Å². The van der Waals surface area contributed by atoms with E-state index in [9.17, 15) is 14.4 Å². The lowest BCUT2D eigenvalue weighted by Crippen LogP contribution is -2.34. The van der Waals surface area contributed by atoms with Gasteiger partial charge in [-0.25, -0.2) is 4.98 Å². The molecule has 0 unspecified atom stereocenters. The van der Waals surface area contributed by atoms with E-state index in [-0.39, 0.29) is 36.2 Å². The molecule has 0 saturated heterocycles. The zero-order valence-corrected chi connectivity index (χ0v) is 19.6. The smallest absolute Gasteiger partial charge is 0.262 e. The molecular formula is C25H24N4O4S. The van der Waals surface area contributed by atoms with Crippen LogP contribution in [-0.4, -0.2) is 33.7 Å². The highest BCUT2D eigenvalue weighted by Crippen LogP contribution is 2.20. The quantitative estimate of drug-likeness (QED) is 0.298. The Bertz CT molecular complexity index is 1380. The van der Waals surface area contributed by atoms with Gasteiger partial charge in [0.05, 0.1) is 36.0 Å². The number of carbonyl (C=O) groups excluding carboxylic acids is 2. The topological polar surface area (TPSA) is 106 Å². The molecule has 0 saturated carbocycles. The Morgan fingerprint density at radius 1 is 1.00 bits per heavy atom. The summed E-state index contributed by atoms with van der Waals surface area (Å²) in [5.41, 5.74) is 3.00. The number of fused-ring (bicyclic) bond motifs is 1. The first-order valence-corrected chi connectivity index (χ1v) is 11.7. The van der Waals surface area contributed by atoms with Gasteiger partial charge in [0.2, 0.25) is 11.8 Å². The minimum atomic E-state index is -0.339. The number of aryl methyl sites for hydroxylation is 2. The number of thioether (sulfide) groups is 1. The fraction of sp³-hybridized carbons (Fsp3) is 0.200. The lowest BCUT2D eigenvalue weighted by atomic mass is 10.1. The van der Waals surface area contributed by atoms with Crippen molar-refractivity contribution in [2.24, 2.45) is 0 Å². The van der Waals surface area contributed by atoms with Crippen molar-refractivity contribution >= 4 is 40.2 Å². The van der Waals surface area contributed by atoms with E-state index >= 15 is 0 Å². The molecule has 174 valence electrons. The third kappa shape index (κ3) is 5.37. The largest absolute Gasteiger partial charge is 0.467 e. The van der Waals surface area contributed by atoms with Crippen LogP contribution in [0, 0.1) is 13.8 Å². The van der Waals surface area contributed by atoms with Gasteiger partial charge in [-0.1, -0.05) is 42.1 Å². The van der Waals surface area contributed by atoms with Crippen LogP contribution in [0.3, 0.4) is 0 Å². The average Bonchev–Trinajstić information content (AvgIpc) is 3.34. The third-order valence-corrected chi connectivity index (χ3v) is 6.22. The molecule has 2 amide bonds. The summed E-state index contributed by atoms with van der Waals surface area (Å²) >= 11 is 1.13. The first kappa shape index (κ1) is 23.3. The van der Waals surface area contributed by atoms with Crippen molar-refractivity contribution in [3.05, 3.63) is 88.1 Å². The van der Waals surface area contributed by atoms with Gasteiger partial charge in [0.25, 0.3) is 5.56 Å². The molecule has 0 fully saturated rings. The Hall–Kier alpha value is -3.85. The van der Waals surface area contributed by atoms with Crippen molar-refractivity contribution in [2.75, 3.05) is 17.6 Å². The number of hydrogen-bond donors (Lipinski definition) is 2. The summed E-state index contributed by atoms with van der Waals surface area (Å²) in [4.78, 5) is 42.4. The third-order valence-electron chi connectivity index (χ3n) is 5.24. The van der Waals surface area contributed by atoms with Gasteiger partial charge in [0.1, 0.15) is 5.76 Å². The molecule has 0 bridgehead atoms. The highest BCUT2D eigenvalue weighted by Gasteiger charge is 2.15. The van der Waals surface area contributed by atoms with Crippen molar-refractivity contribution in [3.63, 3.8) is 0 Å². The minimum absolute atomic E-state index is 0.000389. The number of nitrogens with one attached hydrogen (secondary N) is 2. The van der Waals surface area contributed by atoms with E-state index in [1.807, 2.05) is 38.1 Å². The summed E-state index contributed by atoms with van der Waals surface area (Å²) in [6.07, 6.45) is 1.54. The Labute approximate surface area is 200 Å². The summed E-state index contributed by atoms with van der Waals surface area (Å²) in [6.45, 7) is 3.87. The molecule has 2 heterocycles. The van der Waals surface area contributed by atoms with Gasteiger partial charge in [-0.2, -0.15) is 0 Å². The van der Waals surface area contributed by atoms with Gasteiger partial charge in [-0.3, -0.25) is 19.0 Å². The number of amides is 2. The number of furan rings is 1. The molecule has 0 spiro atoms. The lowest BCUT2D eigenvalue weighted by molar-refractivity contribution is -0.122. The maximum absolute atomic E-state index is 13.1. The van der Waals surface area contributed by atoms with Crippen molar-refractivity contribution in [1.29, 1.82) is 0 Å². The minimum Gasteiger partial charge on any atom is -0.467 e. The standard InChI is InChI=1S/C25H24N4O4S/c1-16-7-5-8-17(2)23(16)28-21(30)13-26-22(31)15-34-25-27-20-11-4-3-10-19(20)24(32)29(25)14-18-9-6-12-33-18/h3-12H,13-15H2,1-2H3,(H,26,31)(H,28,30). The number of hydrogen-bond acceptors (Lipinski definition) is 6. The normalized spacial score (nSPS) is 10.9. The number of aromatic nitrogens is 2. The molecule has 0 radical (unpaired) electrons. The zero-order valence-electron chi connectivity index (χ0n) is 18.8. The monoisotopic (exact) mass is 476 g/mol. The van der Waals surface area contributed by atoms with E-state index in [0.717, 1.165) is 28.6 Å². The Morgan fingerprint density at radius 2 is 1.76 bits per heavy atom. The fourth-order valence-corrected chi connectivity index (χ4v) is 4.34. The maximum Gasteiger partial charge on any atom is 0.262 e. The molecule has 2 aromatic carbocycles. The van der Waals surface area contributed by atoms with Crippen LogP contribution in [0.4, 0.5) is 5.69 Å². The van der Waals surface area contributed by atoms with Crippen LogP contribution in [0.5, 0.6) is 0 Å². The number of nitrogens with zero attached hydrogens (tertiary/aromatic N) is 2. The van der Waals surface area contributed by atoms with Crippen molar-refractivity contribution < 1.29 is 14.0 Å². The summed E-state index contributed by atoms with van der Waals surface area (Å²) in [6, 6.07) is 16.3. The van der Waals surface area contributed by atoms with E-state index in [1.165, 1.54) is 4.57 Å². The van der Waals surface area contributed by atoms with Gasteiger partial charge in [0.15, 0.2) is 5.16 Å². The van der Waals surface area contributed by atoms with Crippen LogP contribution in [0.2, 0.25) is 0 Å². The molecule has 4 aromatic rings. The van der Waals surface area contributed by atoms with Gasteiger partial charge in [-0.15, -0.1) is 0 Å². The molecular weight excluding hydrogens is 452 g/mol. The van der Waals surface area contributed by atoms with Crippen molar-refractivity contribution in [2.45, 2.75) is 25.5 Å². The fourth-order valence-electron chi connectivity index (χ4n) is 3.51. The highest BCUT2D eigenvalue weighted by atomic mass is 32.2. The molecule has 34 heavy (non-hydrogen) atoms. The molecule has 0 aliphatic rings. The first-order chi connectivity index (χ1) is 16.4. The number of para-hydroxylation sites is 2. The number of anilines is 1. The summed E-state index contributed by atoms with van der Waals surface area (Å²) in [7, 11) is 0. The van der Waals surface area contributed by atoms with Crippen LogP contribution in [-0.2, 0) is 16.1 Å². The second kappa shape index (κ2) is 10.4. The van der Waals surface area contributed by atoms with E-state index in [1.54, 1.807) is 36.6 Å². The van der Waals surface area contributed by atoms with E-state index in [4.69, 9.17) is 4.42 Å². The molecule has 0 atom stereocenters. The Balaban J connectivity index is 1.43. The molecule has 9 heteroatoms. The van der Waals surface area contributed by atoms with Crippen LogP contribution >= 0.6 is 11.8 Å². The number of rotatable bonds is 8. The molecule has 8 nitrogen and oxygen atoms in total. The van der Waals surface area contributed by atoms with Crippen molar-refractivity contribution in [3.8, 4) is 0 Å². The SMILES string of the molecule is Cc1cccc(C)c1NC(=O)CNC(=O)CSc1nc2ccccc2c(=O)n1Cc1ccco1. The molecule has 2 N–H and O–H groups in total. The van der Waals surface area contributed by atoms with Crippen LogP contribution < -0.4 is 16.2 Å². The molecule has 0 aliphatic carbocycles. The predicted octanol–water partition coefficient (Wildman–Crippen LogP) is 3.50. The zero-order chi connectivity index (χ0) is 24.1. The van der Waals surface area contributed by atoms with Gasteiger partial charge >= 0.3 is 0 Å². The van der Waals surface area contributed by atoms with Crippen LogP contribution in [0.15, 0.2) is 75.2 Å². The predicted molar refractivity (Wildman–Crippen MR) is 132 cm³/mol. The van der Waals surface area contributed by atoms with E-state index in [2.05, 4.69) is 15.6 Å². The second-order valence-electron chi connectivity index (χ2n) is 7.76. The molecule has 0 aliphatic heterocycles. The summed E-state index contributed by atoms with van der Waals surface area (Å²) in [5, 5.41) is 6.35. The van der Waals surface area contributed by atoms with Gasteiger partial charge < -0.3 is 15.1 Å². The maximum atomic E-state index is 13.1. The first-order valence-electron chi connectivity index (χ1n) is 10.7. The Kier molecular flexibility index (Phi) is 7.12. The second-order valence-corrected chi connectivity index (χ2v) is 8.71. The number of benzene rings is 2. The van der Waals surface area contributed by atoms with Crippen LogP contribution in [0.1, 0.15) is 16.9 Å². The summed E-state index contributed by atoms with van der Waals surface area (Å²) in [5.74, 6) is -0.0452. The highest BCUT2D eigenvalue weighted by molar-refractivity contribution is 7.99. The summed E-state index contributed by atoms with van der Waals surface area (Å²) < 4.78 is 6.89. The molecule has 4 rings (SSSR count). The van der Waals surface area contributed by atoms with E-state index < -0.39 is 0 Å². The van der Waals surface area contributed by atoms with Crippen LogP contribution in [0.25, 0.3) is 10.9 Å². The molecule has 2 aromatic heterocycles. The van der Waals surface area contributed by atoms with Gasteiger partial charge in [-0.05, 0) is 49.2 Å². The average molecular weight is 477 g/mol. The Morgan fingerprint density at radius 3 is 2.50 bits per heavy atom. The van der Waals surface area contributed by atoms with Gasteiger partial charge in [0, 0.05) is 5.69 Å². The lowest BCUT2D eigenvalue weighted by Gasteiger charge is -2.13.